The van der Waals surface area contributed by atoms with Gasteiger partial charge in [-0.15, -0.1) is 18.3 Å². The molecule has 4 aromatic carbocycles. The van der Waals surface area contributed by atoms with Gasteiger partial charge in [-0.05, 0) is 128 Å². The van der Waals surface area contributed by atoms with Crippen molar-refractivity contribution in [3.8, 4) is 28.7 Å². The monoisotopic (exact) mass is 905 g/mol. The molecule has 0 bridgehead atoms. The van der Waals surface area contributed by atoms with Gasteiger partial charge >= 0.3 is 0 Å². The Morgan fingerprint density at radius 3 is 2.40 bits per heavy atom. The van der Waals surface area contributed by atoms with Crippen LogP contribution in [0.4, 0.5) is 5.69 Å². The number of benzene rings is 4. The lowest BCUT2D eigenvalue weighted by molar-refractivity contribution is -0.384. The third-order valence-electron chi connectivity index (χ3n) is 12.9. The predicted molar refractivity (Wildman–Crippen MR) is 246 cm³/mol. The zero-order valence-electron chi connectivity index (χ0n) is 36.6. The number of fused-ring (bicyclic) bond motifs is 3. The second kappa shape index (κ2) is 20.5. The molecule has 0 unspecified atom stereocenters. The molecule has 0 saturated heterocycles. The van der Waals surface area contributed by atoms with E-state index >= 15 is 0 Å². The van der Waals surface area contributed by atoms with Gasteiger partial charge in [0.1, 0.15) is 29.9 Å². The van der Waals surface area contributed by atoms with Gasteiger partial charge in [-0.2, -0.15) is 0 Å². The highest BCUT2D eigenvalue weighted by Gasteiger charge is 2.65. The van der Waals surface area contributed by atoms with E-state index in [1.54, 1.807) is 60.1 Å². The van der Waals surface area contributed by atoms with Crippen LogP contribution >= 0.6 is 11.8 Å². The van der Waals surface area contributed by atoms with Crippen LogP contribution in [0, 0.1) is 27.9 Å². The van der Waals surface area contributed by atoms with Crippen LogP contribution in [0.15, 0.2) is 119 Å². The number of aliphatic hydroxyl groups is 2. The van der Waals surface area contributed by atoms with Crippen LogP contribution < -0.4 is 18.9 Å². The molecule has 4 aromatic rings. The number of oxime groups is 1. The fourth-order valence-electron chi connectivity index (χ4n) is 9.84. The summed E-state index contributed by atoms with van der Waals surface area (Å²) in [7, 11) is 1.74. The second-order valence-electron chi connectivity index (χ2n) is 16.7. The number of nitrogens with zero attached hydrogens (tertiary/aromatic N) is 3. The minimum absolute atomic E-state index is 0.00959. The number of nitro groups is 1. The average molecular weight is 906 g/mol. The van der Waals surface area contributed by atoms with Crippen LogP contribution in [0.2, 0.25) is 0 Å². The molecule has 0 spiro atoms. The van der Waals surface area contributed by atoms with Crippen molar-refractivity contribution >= 4 is 29.1 Å². The fourth-order valence-corrected chi connectivity index (χ4v) is 10.3. The van der Waals surface area contributed by atoms with E-state index in [9.17, 15) is 25.1 Å². The highest BCUT2D eigenvalue weighted by molar-refractivity contribution is 7.98. The van der Waals surface area contributed by atoms with Crippen molar-refractivity contribution in [2.45, 2.75) is 74.2 Å². The number of unbranched alkanes of at least 4 members (excludes halogenated alkanes) is 2. The summed E-state index contributed by atoms with van der Waals surface area (Å²) in [6.07, 6.45) is 10.5. The lowest BCUT2D eigenvalue weighted by Crippen LogP contribution is -2.69. The van der Waals surface area contributed by atoms with Gasteiger partial charge in [0.2, 0.25) is 12.6 Å². The Labute approximate surface area is 383 Å². The third-order valence-corrected chi connectivity index (χ3v) is 13.6. The second-order valence-corrected chi connectivity index (χ2v) is 17.6. The Kier molecular flexibility index (Phi) is 14.4. The number of nitro benzene ring substituents is 1. The average Bonchev–Trinajstić information content (AvgIpc) is 3.80. The van der Waals surface area contributed by atoms with E-state index in [0.29, 0.717) is 58.4 Å². The number of hydrogen-bond acceptors (Lipinski definition) is 13. The summed E-state index contributed by atoms with van der Waals surface area (Å²) in [5.74, 6) is 0.430. The molecule has 8 rings (SSSR count). The van der Waals surface area contributed by atoms with Crippen molar-refractivity contribution in [2.75, 3.05) is 39.9 Å². The minimum Gasteiger partial charge on any atom is -0.459 e. The molecule has 2 aliphatic heterocycles. The van der Waals surface area contributed by atoms with Crippen LogP contribution in [-0.4, -0.2) is 83.4 Å². The van der Waals surface area contributed by atoms with Gasteiger partial charge < -0.3 is 43.6 Å². The Hall–Kier alpha value is -5.87. The van der Waals surface area contributed by atoms with Gasteiger partial charge in [0, 0.05) is 60.8 Å². The van der Waals surface area contributed by atoms with Crippen molar-refractivity contribution < 1.29 is 48.5 Å². The number of ether oxygens (including phenoxy) is 5. The fraction of sp³-hybridized carbons (Fsp3) is 0.400. The van der Waals surface area contributed by atoms with E-state index in [0.717, 1.165) is 41.7 Å². The molecule has 1 amide bonds. The van der Waals surface area contributed by atoms with Gasteiger partial charge in [0.15, 0.2) is 11.5 Å². The zero-order valence-corrected chi connectivity index (χ0v) is 37.5. The SMILES string of the molecule is C=CCO[C@@]12Oc3ccc(Oc4ccc(SC)cc4)cc3[C@H]3[C@H](CCCCO)[C@@H](CCCCO)C=C(C(=NOCc4ccc([N+](=O)[O-])cc4)C[C@@H]1N(C)C(=O)c1ccc4c(c1)OCO4)[C@H]32. The maximum absolute atomic E-state index is 14.8. The molecule has 2 N–H and O–H groups in total. The first-order chi connectivity index (χ1) is 31.7. The summed E-state index contributed by atoms with van der Waals surface area (Å²) in [6.45, 7) is 4.37. The first-order valence-corrected chi connectivity index (χ1v) is 23.3. The van der Waals surface area contributed by atoms with Gasteiger partial charge in [-0.3, -0.25) is 14.9 Å². The zero-order chi connectivity index (χ0) is 45.5. The molecule has 14 nitrogen and oxygen atoms in total. The molecule has 1 saturated carbocycles. The molecular formula is C50H55N3O11S. The number of carbonyl (C=O) groups is 1. The molecule has 15 heteroatoms. The van der Waals surface area contributed by atoms with E-state index in [4.69, 9.17) is 33.7 Å². The van der Waals surface area contributed by atoms with E-state index < -0.39 is 22.7 Å². The van der Waals surface area contributed by atoms with E-state index in [-0.39, 0.29) is 69.0 Å². The molecule has 2 heterocycles. The largest absolute Gasteiger partial charge is 0.459 e. The lowest BCUT2D eigenvalue weighted by atomic mass is 9.55. The Bertz CT molecular complexity index is 2410. The summed E-state index contributed by atoms with van der Waals surface area (Å²) in [6, 6.07) is 24.3. The molecule has 65 heavy (non-hydrogen) atoms. The molecule has 0 aromatic heterocycles. The van der Waals surface area contributed by atoms with Crippen molar-refractivity contribution in [3.05, 3.63) is 136 Å². The number of aliphatic hydroxyl groups excluding tert-OH is 2. The number of carbonyl (C=O) groups excluding carboxylic acids is 1. The first-order valence-electron chi connectivity index (χ1n) is 22.1. The standard InChI is InChI=1S/C50H55N3O11S/c1-4-25-61-50-46(52(2)49(56)34-13-21-44-45(27-34)60-31-59-44)29-42(51-62-30-32-11-14-35(15-12-32)53(57)58)40-26-33(9-5-7-23-54)39(10-6-8-24-55)47(48(40)50)41-28-37(18-22-43(41)64-50)63-36-16-19-38(65-3)20-17-36/h4,11-22,26-28,33,39,46-48,54-55H,1,5-10,23-25,29-31H2,2-3H3/t33-,39+,46-,47+,48+,50+/m0/s1. The van der Waals surface area contributed by atoms with Gasteiger partial charge in [-0.1, -0.05) is 30.1 Å². The Morgan fingerprint density at radius 2 is 1.68 bits per heavy atom. The van der Waals surface area contributed by atoms with E-state index in [2.05, 4.69) is 18.7 Å². The van der Waals surface area contributed by atoms with Crippen molar-refractivity contribution in [3.63, 3.8) is 0 Å². The number of thioether (sulfide) groups is 1. The summed E-state index contributed by atoms with van der Waals surface area (Å²) in [5, 5.41) is 36.1. The number of rotatable bonds is 20. The van der Waals surface area contributed by atoms with Crippen LogP contribution in [0.3, 0.4) is 0 Å². The lowest BCUT2D eigenvalue weighted by Gasteiger charge is -2.59. The summed E-state index contributed by atoms with van der Waals surface area (Å²) >= 11 is 1.65. The van der Waals surface area contributed by atoms with E-state index in [1.807, 2.05) is 42.7 Å². The normalized spacial score (nSPS) is 23.1. The molecule has 4 aliphatic rings. The quantitative estimate of drug-likeness (QED) is 0.0283. The minimum atomic E-state index is -1.46. The Balaban J connectivity index is 1.28. The van der Waals surface area contributed by atoms with Crippen LogP contribution in [-0.2, 0) is 16.2 Å². The number of likely N-dealkylation sites (N-methyl/N-ethyl adjacent to an activating group) is 1. The molecule has 1 fully saturated rings. The van der Waals surface area contributed by atoms with Crippen molar-refractivity contribution in [2.24, 2.45) is 22.9 Å². The van der Waals surface area contributed by atoms with E-state index in [1.165, 1.54) is 12.1 Å². The van der Waals surface area contributed by atoms with Gasteiger partial charge in [0.05, 0.1) is 23.2 Å². The number of non-ortho nitro benzene ring substituents is 1. The molecule has 0 radical (unpaired) electrons. The first kappa shape index (κ1) is 45.7. The van der Waals surface area contributed by atoms with Crippen molar-refractivity contribution in [1.82, 2.24) is 4.90 Å². The van der Waals surface area contributed by atoms with Crippen LogP contribution in [0.1, 0.15) is 72.3 Å². The topological polar surface area (TPSA) is 172 Å². The molecule has 2 aliphatic carbocycles. The number of hydrogen-bond donors (Lipinski definition) is 2. The van der Waals surface area contributed by atoms with Gasteiger partial charge in [0.25, 0.3) is 11.6 Å². The Morgan fingerprint density at radius 1 is 0.954 bits per heavy atom. The van der Waals surface area contributed by atoms with Crippen LogP contribution in [0.25, 0.3) is 0 Å². The maximum Gasteiger partial charge on any atom is 0.269 e. The number of allylic oxidation sites excluding steroid dienone is 1. The summed E-state index contributed by atoms with van der Waals surface area (Å²) in [5.41, 5.74) is 3.47. The maximum atomic E-state index is 14.8. The highest BCUT2D eigenvalue weighted by atomic mass is 32.2. The summed E-state index contributed by atoms with van der Waals surface area (Å²) < 4.78 is 32.1. The predicted octanol–water partition coefficient (Wildman–Crippen LogP) is 9.44. The highest BCUT2D eigenvalue weighted by Crippen LogP contribution is 2.62. The molecule has 342 valence electrons. The van der Waals surface area contributed by atoms with Crippen LogP contribution in [0.5, 0.6) is 28.7 Å². The van der Waals surface area contributed by atoms with Crippen molar-refractivity contribution in [1.29, 1.82) is 0 Å². The smallest absolute Gasteiger partial charge is 0.269 e. The number of amides is 1. The molecule has 6 atom stereocenters. The molecular weight excluding hydrogens is 851 g/mol. The third kappa shape index (κ3) is 9.60. The summed E-state index contributed by atoms with van der Waals surface area (Å²) in [4.78, 5) is 34.7. The van der Waals surface area contributed by atoms with Gasteiger partial charge in [-0.25, -0.2) is 0 Å².